The fourth-order valence-corrected chi connectivity index (χ4v) is 4.58. The molecule has 0 aliphatic heterocycles. The van der Waals surface area contributed by atoms with Gasteiger partial charge in [0.15, 0.2) is 5.06 Å². The van der Waals surface area contributed by atoms with Gasteiger partial charge in [0.25, 0.3) is 0 Å². The quantitative estimate of drug-likeness (QED) is 0.444. The molecular weight excluding hydrogens is 376 g/mol. The number of benzene rings is 1. The number of hydrogen-bond acceptors (Lipinski definition) is 5. The van der Waals surface area contributed by atoms with Crippen LogP contribution in [0.15, 0.2) is 53.9 Å². The summed E-state index contributed by atoms with van der Waals surface area (Å²) in [6, 6.07) is 15.7. The fraction of sp³-hybridized carbons (Fsp3) is 0.364. The molecule has 144 valence electrons. The molecular formula is C22H26O3S2. The minimum absolute atomic E-state index is 0.358. The molecule has 0 saturated carbocycles. The van der Waals surface area contributed by atoms with Crippen LogP contribution in [0.3, 0.4) is 0 Å². The van der Waals surface area contributed by atoms with Crippen LogP contribution in [0.25, 0.3) is 0 Å². The molecule has 3 aromatic rings. The third kappa shape index (κ3) is 4.54. The average molecular weight is 403 g/mol. The highest BCUT2D eigenvalue weighted by atomic mass is 32.1. The van der Waals surface area contributed by atoms with Crippen LogP contribution in [0, 0.1) is 0 Å². The van der Waals surface area contributed by atoms with E-state index in [4.69, 9.17) is 9.47 Å². The highest BCUT2D eigenvalue weighted by Crippen LogP contribution is 2.38. The SMILES string of the molecule is CCC(C)(O)c1ccc(Oc2cccc(OC(C)(CC)c3cccs3)c2)s1. The molecule has 2 unspecified atom stereocenters. The van der Waals surface area contributed by atoms with Crippen LogP contribution in [0.2, 0.25) is 0 Å². The van der Waals surface area contributed by atoms with Gasteiger partial charge in [0, 0.05) is 15.8 Å². The zero-order valence-electron chi connectivity index (χ0n) is 16.2. The summed E-state index contributed by atoms with van der Waals surface area (Å²) in [5.41, 5.74) is -1.18. The lowest BCUT2D eigenvalue weighted by molar-refractivity contribution is 0.0569. The maximum absolute atomic E-state index is 10.4. The van der Waals surface area contributed by atoms with E-state index in [1.807, 2.05) is 50.2 Å². The maximum atomic E-state index is 10.4. The predicted molar refractivity (Wildman–Crippen MR) is 113 cm³/mol. The van der Waals surface area contributed by atoms with Gasteiger partial charge in [-0.05, 0) is 62.4 Å². The van der Waals surface area contributed by atoms with E-state index in [1.165, 1.54) is 16.2 Å². The van der Waals surface area contributed by atoms with Gasteiger partial charge in [-0.3, -0.25) is 0 Å². The van der Waals surface area contributed by atoms with Gasteiger partial charge in [-0.15, -0.1) is 22.7 Å². The molecule has 0 amide bonds. The second-order valence-corrected chi connectivity index (χ2v) is 8.98. The summed E-state index contributed by atoms with van der Waals surface area (Å²) in [6.07, 6.45) is 1.54. The monoisotopic (exact) mass is 402 g/mol. The van der Waals surface area contributed by atoms with Crippen LogP contribution in [-0.2, 0) is 11.2 Å². The zero-order chi connectivity index (χ0) is 19.5. The molecule has 1 N–H and O–H groups in total. The fourth-order valence-electron chi connectivity index (χ4n) is 2.69. The summed E-state index contributed by atoms with van der Waals surface area (Å²) < 4.78 is 12.4. The van der Waals surface area contributed by atoms with Crippen molar-refractivity contribution < 1.29 is 14.6 Å². The van der Waals surface area contributed by atoms with Crippen molar-refractivity contribution in [3.8, 4) is 16.6 Å². The molecule has 0 saturated heterocycles. The summed E-state index contributed by atoms with van der Waals surface area (Å²) in [4.78, 5) is 2.12. The van der Waals surface area contributed by atoms with Crippen molar-refractivity contribution in [1.82, 2.24) is 0 Å². The highest BCUT2D eigenvalue weighted by Gasteiger charge is 2.28. The van der Waals surface area contributed by atoms with E-state index >= 15 is 0 Å². The molecule has 0 spiro atoms. The van der Waals surface area contributed by atoms with Crippen molar-refractivity contribution in [1.29, 1.82) is 0 Å². The number of hydrogen-bond donors (Lipinski definition) is 1. The van der Waals surface area contributed by atoms with Crippen molar-refractivity contribution >= 4 is 22.7 Å². The van der Waals surface area contributed by atoms with Crippen molar-refractivity contribution in [2.75, 3.05) is 0 Å². The average Bonchev–Trinajstić information content (AvgIpc) is 3.34. The first-order valence-corrected chi connectivity index (χ1v) is 10.9. The molecule has 0 aliphatic carbocycles. The van der Waals surface area contributed by atoms with Crippen LogP contribution in [0.1, 0.15) is 50.3 Å². The van der Waals surface area contributed by atoms with Crippen molar-refractivity contribution in [2.24, 2.45) is 0 Å². The molecule has 3 nitrogen and oxygen atoms in total. The topological polar surface area (TPSA) is 38.7 Å². The molecule has 1 aromatic carbocycles. The van der Waals surface area contributed by atoms with E-state index in [0.29, 0.717) is 6.42 Å². The second kappa shape index (κ2) is 8.05. The lowest BCUT2D eigenvalue weighted by atomic mass is 10.0. The number of ether oxygens (including phenoxy) is 2. The standard InChI is InChI=1S/C22H26O3S2/c1-5-21(3,23)18-12-13-20(27-18)24-16-9-7-10-17(15-16)25-22(4,6-2)19-11-8-14-26-19/h7-15,23H,5-6H2,1-4H3. The number of thiophene rings is 2. The van der Waals surface area contributed by atoms with Crippen LogP contribution >= 0.6 is 22.7 Å². The van der Waals surface area contributed by atoms with Crippen LogP contribution in [0.5, 0.6) is 16.6 Å². The van der Waals surface area contributed by atoms with E-state index < -0.39 is 5.60 Å². The van der Waals surface area contributed by atoms with Gasteiger partial charge in [0.2, 0.25) is 0 Å². The van der Waals surface area contributed by atoms with Gasteiger partial charge < -0.3 is 14.6 Å². The molecule has 3 rings (SSSR count). The van der Waals surface area contributed by atoms with Gasteiger partial charge in [0.05, 0.1) is 5.60 Å². The van der Waals surface area contributed by atoms with Crippen LogP contribution in [0.4, 0.5) is 0 Å². The van der Waals surface area contributed by atoms with Crippen LogP contribution < -0.4 is 9.47 Å². The van der Waals surface area contributed by atoms with Crippen LogP contribution in [-0.4, -0.2) is 5.11 Å². The summed E-state index contributed by atoms with van der Waals surface area (Å²) in [7, 11) is 0. The van der Waals surface area contributed by atoms with Gasteiger partial charge in [-0.1, -0.05) is 26.0 Å². The van der Waals surface area contributed by atoms with E-state index in [-0.39, 0.29) is 5.60 Å². The smallest absolute Gasteiger partial charge is 0.181 e. The molecule has 2 aromatic heterocycles. The summed E-state index contributed by atoms with van der Waals surface area (Å²) in [5, 5.41) is 13.2. The molecule has 0 bridgehead atoms. The Balaban J connectivity index is 1.76. The maximum Gasteiger partial charge on any atom is 0.181 e. The minimum atomic E-state index is -0.819. The largest absolute Gasteiger partial charge is 0.482 e. The Kier molecular flexibility index (Phi) is 5.94. The first-order chi connectivity index (χ1) is 12.9. The lowest BCUT2D eigenvalue weighted by Gasteiger charge is -2.28. The Morgan fingerprint density at radius 2 is 1.70 bits per heavy atom. The summed E-state index contributed by atoms with van der Waals surface area (Å²) >= 11 is 3.18. The number of rotatable bonds is 8. The van der Waals surface area contributed by atoms with E-state index in [9.17, 15) is 5.11 Å². The molecule has 0 radical (unpaired) electrons. The zero-order valence-corrected chi connectivity index (χ0v) is 17.8. The normalized spacial score (nSPS) is 15.7. The van der Waals surface area contributed by atoms with Crippen molar-refractivity contribution in [3.05, 3.63) is 63.7 Å². The van der Waals surface area contributed by atoms with Gasteiger partial charge >= 0.3 is 0 Å². The van der Waals surface area contributed by atoms with E-state index in [1.54, 1.807) is 11.3 Å². The predicted octanol–water partition coefficient (Wildman–Crippen LogP) is 6.92. The third-order valence-corrected chi connectivity index (χ3v) is 7.22. The first kappa shape index (κ1) is 19.9. The van der Waals surface area contributed by atoms with E-state index in [2.05, 4.69) is 31.4 Å². The Labute approximate surface area is 169 Å². The second-order valence-electron chi connectivity index (χ2n) is 6.99. The van der Waals surface area contributed by atoms with Crippen molar-refractivity contribution in [3.63, 3.8) is 0 Å². The molecule has 2 atom stereocenters. The molecule has 2 heterocycles. The van der Waals surface area contributed by atoms with Gasteiger partial charge in [-0.25, -0.2) is 0 Å². The summed E-state index contributed by atoms with van der Waals surface area (Å²) in [6.45, 7) is 8.05. The van der Waals surface area contributed by atoms with Gasteiger partial charge in [0.1, 0.15) is 17.1 Å². The van der Waals surface area contributed by atoms with Gasteiger partial charge in [-0.2, -0.15) is 0 Å². The molecule has 27 heavy (non-hydrogen) atoms. The van der Waals surface area contributed by atoms with Crippen molar-refractivity contribution in [2.45, 2.75) is 51.7 Å². The molecule has 0 aliphatic rings. The molecule has 0 fully saturated rings. The highest BCUT2D eigenvalue weighted by molar-refractivity contribution is 7.14. The Bertz CT molecular complexity index is 867. The third-order valence-electron chi connectivity index (χ3n) is 4.88. The first-order valence-electron chi connectivity index (χ1n) is 9.20. The number of aliphatic hydroxyl groups is 1. The lowest BCUT2D eigenvalue weighted by Crippen LogP contribution is -2.27. The Morgan fingerprint density at radius 3 is 2.37 bits per heavy atom. The molecule has 5 heteroatoms. The summed E-state index contributed by atoms with van der Waals surface area (Å²) in [5.74, 6) is 1.50. The minimum Gasteiger partial charge on any atom is -0.482 e. The Morgan fingerprint density at radius 1 is 0.926 bits per heavy atom. The van der Waals surface area contributed by atoms with E-state index in [0.717, 1.165) is 27.9 Å². The Hall–Kier alpha value is -1.82.